The van der Waals surface area contributed by atoms with Crippen LogP contribution in [0.5, 0.6) is 5.75 Å². The van der Waals surface area contributed by atoms with Gasteiger partial charge in [-0.05, 0) is 31.5 Å². The minimum atomic E-state index is -0.233. The minimum absolute atomic E-state index is 0.0222. The van der Waals surface area contributed by atoms with Crippen LogP contribution in [0.1, 0.15) is 25.8 Å². The summed E-state index contributed by atoms with van der Waals surface area (Å²) in [5.74, 6) is 0.840. The molecule has 5 heteroatoms. The first kappa shape index (κ1) is 16.0. The van der Waals surface area contributed by atoms with Gasteiger partial charge in [-0.3, -0.25) is 4.79 Å². The maximum absolute atomic E-state index is 11.4. The van der Waals surface area contributed by atoms with Gasteiger partial charge in [0.15, 0.2) is 0 Å². The van der Waals surface area contributed by atoms with Gasteiger partial charge >= 0.3 is 0 Å². The lowest BCUT2D eigenvalue weighted by atomic mass is 10.2. The van der Waals surface area contributed by atoms with Crippen LogP contribution >= 0.6 is 15.9 Å². The highest BCUT2D eigenvalue weighted by Gasteiger charge is 2.11. The topological polar surface area (TPSA) is 50.4 Å². The number of benzene rings is 1. The van der Waals surface area contributed by atoms with Gasteiger partial charge < -0.3 is 15.4 Å². The molecule has 0 aliphatic rings. The largest absolute Gasteiger partial charge is 0.493 e. The molecule has 1 aromatic carbocycles. The van der Waals surface area contributed by atoms with Gasteiger partial charge in [-0.15, -0.1) is 0 Å². The summed E-state index contributed by atoms with van der Waals surface area (Å²) < 4.78 is 6.70. The van der Waals surface area contributed by atoms with Crippen molar-refractivity contribution in [3.63, 3.8) is 0 Å². The van der Waals surface area contributed by atoms with Crippen molar-refractivity contribution in [3.05, 3.63) is 28.2 Å². The summed E-state index contributed by atoms with van der Waals surface area (Å²) >= 11 is 3.45. The van der Waals surface area contributed by atoms with E-state index in [-0.39, 0.29) is 11.9 Å². The number of rotatable bonds is 7. The van der Waals surface area contributed by atoms with Crippen LogP contribution < -0.4 is 15.4 Å². The Morgan fingerprint density at radius 3 is 2.84 bits per heavy atom. The first-order valence-electron chi connectivity index (χ1n) is 6.44. The zero-order chi connectivity index (χ0) is 14.3. The highest BCUT2D eigenvalue weighted by Crippen LogP contribution is 2.23. The Morgan fingerprint density at radius 2 is 2.21 bits per heavy atom. The lowest BCUT2D eigenvalue weighted by molar-refractivity contribution is -0.122. The van der Waals surface area contributed by atoms with Gasteiger partial charge in [0.25, 0.3) is 0 Å². The van der Waals surface area contributed by atoms with Crippen LogP contribution in [-0.4, -0.2) is 25.6 Å². The lowest BCUT2D eigenvalue weighted by Crippen LogP contribution is -2.40. The number of halogens is 1. The van der Waals surface area contributed by atoms with Crippen molar-refractivity contribution in [2.24, 2.45) is 0 Å². The molecule has 0 spiro atoms. The molecule has 0 aromatic heterocycles. The van der Waals surface area contributed by atoms with E-state index in [0.29, 0.717) is 13.2 Å². The summed E-state index contributed by atoms with van der Waals surface area (Å²) in [5.41, 5.74) is 1.04. The minimum Gasteiger partial charge on any atom is -0.493 e. The molecule has 0 heterocycles. The molecule has 2 N–H and O–H groups in total. The zero-order valence-corrected chi connectivity index (χ0v) is 13.2. The van der Waals surface area contributed by atoms with Gasteiger partial charge in [0.1, 0.15) is 5.75 Å². The summed E-state index contributed by atoms with van der Waals surface area (Å²) in [6, 6.07) is 5.68. The van der Waals surface area contributed by atoms with Crippen LogP contribution in [0.15, 0.2) is 22.7 Å². The molecule has 1 rings (SSSR count). The first-order valence-corrected chi connectivity index (χ1v) is 7.24. The van der Waals surface area contributed by atoms with E-state index in [2.05, 4.69) is 33.5 Å². The van der Waals surface area contributed by atoms with Crippen molar-refractivity contribution in [3.8, 4) is 5.75 Å². The van der Waals surface area contributed by atoms with Crippen molar-refractivity contribution < 1.29 is 9.53 Å². The Hall–Kier alpha value is -1.07. The molecular weight excluding hydrogens is 308 g/mol. The van der Waals surface area contributed by atoms with Gasteiger partial charge in [-0.2, -0.15) is 0 Å². The molecule has 0 aliphatic carbocycles. The van der Waals surface area contributed by atoms with Gasteiger partial charge in [0.2, 0.25) is 5.91 Å². The summed E-state index contributed by atoms with van der Waals surface area (Å²) in [7, 11) is 1.63. The van der Waals surface area contributed by atoms with Gasteiger partial charge in [0, 0.05) is 23.6 Å². The van der Waals surface area contributed by atoms with Crippen LogP contribution in [0.3, 0.4) is 0 Å². The van der Waals surface area contributed by atoms with E-state index in [1.807, 2.05) is 25.1 Å². The molecule has 0 fully saturated rings. The van der Waals surface area contributed by atoms with Crippen molar-refractivity contribution in [2.75, 3.05) is 13.7 Å². The number of hydrogen-bond acceptors (Lipinski definition) is 3. The molecule has 1 aromatic rings. The number of carbonyl (C=O) groups excluding carboxylic acids is 1. The smallest absolute Gasteiger partial charge is 0.236 e. The molecule has 1 unspecified atom stereocenters. The van der Waals surface area contributed by atoms with Crippen molar-refractivity contribution in [2.45, 2.75) is 32.9 Å². The summed E-state index contributed by atoms with van der Waals surface area (Å²) in [6.45, 7) is 5.19. The monoisotopic (exact) mass is 328 g/mol. The van der Waals surface area contributed by atoms with Crippen LogP contribution in [0.4, 0.5) is 0 Å². The normalized spacial score (nSPS) is 12.0. The molecule has 106 valence electrons. The SMILES string of the molecule is CCCOc1ccc(Br)cc1CNC(C)C(=O)NC. The van der Waals surface area contributed by atoms with E-state index in [1.54, 1.807) is 7.05 Å². The third-order valence-electron chi connectivity index (χ3n) is 2.72. The lowest BCUT2D eigenvalue weighted by Gasteiger charge is -2.15. The Morgan fingerprint density at radius 1 is 1.47 bits per heavy atom. The second-order valence-electron chi connectivity index (χ2n) is 4.32. The first-order chi connectivity index (χ1) is 9.08. The molecule has 19 heavy (non-hydrogen) atoms. The molecule has 0 bridgehead atoms. The Kier molecular flexibility index (Phi) is 6.87. The highest BCUT2D eigenvalue weighted by atomic mass is 79.9. The summed E-state index contributed by atoms with van der Waals surface area (Å²) in [4.78, 5) is 11.4. The van der Waals surface area contributed by atoms with E-state index < -0.39 is 0 Å². The number of carbonyl (C=O) groups is 1. The van der Waals surface area contributed by atoms with E-state index in [1.165, 1.54) is 0 Å². The van der Waals surface area contributed by atoms with Crippen LogP contribution in [0, 0.1) is 0 Å². The zero-order valence-electron chi connectivity index (χ0n) is 11.6. The maximum Gasteiger partial charge on any atom is 0.236 e. The molecule has 0 saturated heterocycles. The maximum atomic E-state index is 11.4. The summed E-state index contributed by atoms with van der Waals surface area (Å²) in [5, 5.41) is 5.80. The van der Waals surface area contributed by atoms with Crippen molar-refractivity contribution >= 4 is 21.8 Å². The fourth-order valence-corrected chi connectivity index (χ4v) is 2.02. The predicted molar refractivity (Wildman–Crippen MR) is 80.3 cm³/mol. The quantitative estimate of drug-likeness (QED) is 0.808. The standard InChI is InChI=1S/C14H21BrN2O2/c1-4-7-19-13-6-5-12(15)8-11(13)9-17-10(2)14(18)16-3/h5-6,8,10,17H,4,7,9H2,1-3H3,(H,16,18). The fraction of sp³-hybridized carbons (Fsp3) is 0.500. The van der Waals surface area contributed by atoms with E-state index in [4.69, 9.17) is 4.74 Å². The number of ether oxygens (including phenoxy) is 1. The van der Waals surface area contributed by atoms with Crippen molar-refractivity contribution in [1.29, 1.82) is 0 Å². The molecule has 0 radical (unpaired) electrons. The van der Waals surface area contributed by atoms with Gasteiger partial charge in [-0.1, -0.05) is 22.9 Å². The molecule has 0 aliphatic heterocycles. The number of hydrogen-bond donors (Lipinski definition) is 2. The number of nitrogens with one attached hydrogen (secondary N) is 2. The van der Waals surface area contributed by atoms with Crippen LogP contribution in [0.25, 0.3) is 0 Å². The van der Waals surface area contributed by atoms with Crippen LogP contribution in [-0.2, 0) is 11.3 Å². The molecule has 4 nitrogen and oxygen atoms in total. The van der Waals surface area contributed by atoms with Gasteiger partial charge in [0.05, 0.1) is 12.6 Å². The Bertz CT molecular complexity index is 424. The fourth-order valence-electron chi connectivity index (χ4n) is 1.61. The molecular formula is C14H21BrN2O2. The predicted octanol–water partition coefficient (Wildman–Crippen LogP) is 2.46. The second-order valence-corrected chi connectivity index (χ2v) is 5.23. The highest BCUT2D eigenvalue weighted by molar-refractivity contribution is 9.10. The van der Waals surface area contributed by atoms with E-state index >= 15 is 0 Å². The van der Waals surface area contributed by atoms with E-state index in [0.717, 1.165) is 22.2 Å². The average Bonchev–Trinajstić information content (AvgIpc) is 2.42. The average molecular weight is 329 g/mol. The third kappa shape index (κ3) is 5.20. The second kappa shape index (κ2) is 8.17. The Balaban J connectivity index is 2.69. The van der Waals surface area contributed by atoms with Crippen LogP contribution in [0.2, 0.25) is 0 Å². The molecule has 1 amide bonds. The molecule has 0 saturated carbocycles. The van der Waals surface area contributed by atoms with Gasteiger partial charge in [-0.25, -0.2) is 0 Å². The number of likely N-dealkylation sites (N-methyl/N-ethyl adjacent to an activating group) is 1. The van der Waals surface area contributed by atoms with E-state index in [9.17, 15) is 4.79 Å². The third-order valence-corrected chi connectivity index (χ3v) is 3.22. The molecule has 1 atom stereocenters. The van der Waals surface area contributed by atoms with Crippen molar-refractivity contribution in [1.82, 2.24) is 10.6 Å². The number of amides is 1. The summed E-state index contributed by atoms with van der Waals surface area (Å²) in [6.07, 6.45) is 0.970. The Labute approximate surface area is 123 Å².